The van der Waals surface area contributed by atoms with Gasteiger partial charge in [-0.15, -0.1) is 0 Å². The van der Waals surface area contributed by atoms with Crippen LogP contribution < -0.4 is 10.6 Å². The van der Waals surface area contributed by atoms with Crippen molar-refractivity contribution in [3.8, 4) is 0 Å². The second kappa shape index (κ2) is 25.9. The summed E-state index contributed by atoms with van der Waals surface area (Å²) in [4.78, 5) is 48.5. The maximum atomic E-state index is 12.4. The van der Waals surface area contributed by atoms with Crippen molar-refractivity contribution in [1.82, 2.24) is 10.6 Å². The van der Waals surface area contributed by atoms with Gasteiger partial charge in [0.25, 0.3) is 0 Å². The molecule has 0 aliphatic rings. The van der Waals surface area contributed by atoms with Crippen LogP contribution in [0.4, 0.5) is 0 Å². The summed E-state index contributed by atoms with van der Waals surface area (Å²) in [7, 11) is 0. The summed E-state index contributed by atoms with van der Waals surface area (Å²) in [5.41, 5.74) is -0.657. The van der Waals surface area contributed by atoms with E-state index in [0.29, 0.717) is 24.9 Å². The Kier molecular flexibility index (Phi) is 23.0. The Balaban J connectivity index is 1.99. The van der Waals surface area contributed by atoms with Gasteiger partial charge in [0.1, 0.15) is 6.10 Å². The fraction of sp³-hybridized carbons (Fsp3) is 0.676. The van der Waals surface area contributed by atoms with Crippen molar-refractivity contribution in [2.24, 2.45) is 5.41 Å². The third-order valence-electron chi connectivity index (χ3n) is 7.77. The average molecular weight is 645 g/mol. The Morgan fingerprint density at radius 3 is 2.02 bits per heavy atom. The minimum absolute atomic E-state index is 0.00129. The molecule has 0 aliphatic carbocycles. The number of benzene rings is 1. The predicted octanol–water partition coefficient (Wildman–Crippen LogP) is 6.82. The first-order valence-electron chi connectivity index (χ1n) is 17.4. The molecule has 1 rings (SSSR count). The molecule has 9 nitrogen and oxygen atoms in total. The van der Waals surface area contributed by atoms with Crippen molar-refractivity contribution in [2.75, 3.05) is 26.3 Å². The van der Waals surface area contributed by atoms with Crippen LogP contribution in [0.15, 0.2) is 42.5 Å². The summed E-state index contributed by atoms with van der Waals surface area (Å²) < 4.78 is 10.4. The lowest BCUT2D eigenvalue weighted by atomic mass is 9.87. The highest BCUT2D eigenvalue weighted by Gasteiger charge is 2.35. The number of esters is 2. The van der Waals surface area contributed by atoms with Crippen molar-refractivity contribution in [1.29, 1.82) is 0 Å². The van der Waals surface area contributed by atoms with Gasteiger partial charge in [-0.1, -0.05) is 102 Å². The fourth-order valence-electron chi connectivity index (χ4n) is 4.73. The summed E-state index contributed by atoms with van der Waals surface area (Å²) in [6.45, 7) is 5.92. The standard InChI is InChI=1S/C37H60N2O7/c1-4-5-6-7-8-9-10-11-12-13-14-15-16-17-21-25-32(40)38-27-22-29-45-33(41)26-28-39-35(43)34(42)37(2,3)30-46-36(44)31-23-19-18-20-24-31/h11-12,18-20,23-24,34,42H,4-10,13-17,21-22,25-30H2,1-3H3,(H,38,40)(H,39,43). The van der Waals surface area contributed by atoms with E-state index in [9.17, 15) is 24.3 Å². The highest BCUT2D eigenvalue weighted by molar-refractivity contribution is 5.89. The summed E-state index contributed by atoms with van der Waals surface area (Å²) in [6.07, 6.45) is 20.1. The molecule has 260 valence electrons. The van der Waals surface area contributed by atoms with Crippen LogP contribution in [-0.4, -0.2) is 61.3 Å². The Morgan fingerprint density at radius 1 is 0.761 bits per heavy atom. The average Bonchev–Trinajstić information content (AvgIpc) is 3.05. The van der Waals surface area contributed by atoms with E-state index in [1.807, 2.05) is 0 Å². The van der Waals surface area contributed by atoms with Gasteiger partial charge in [0.15, 0.2) is 0 Å². The van der Waals surface area contributed by atoms with Crippen molar-refractivity contribution < 1.29 is 33.8 Å². The van der Waals surface area contributed by atoms with Crippen LogP contribution in [0.1, 0.15) is 134 Å². The van der Waals surface area contributed by atoms with E-state index in [1.54, 1.807) is 44.2 Å². The topological polar surface area (TPSA) is 131 Å². The molecule has 0 heterocycles. The number of hydrogen-bond donors (Lipinski definition) is 3. The van der Waals surface area contributed by atoms with Gasteiger partial charge >= 0.3 is 11.9 Å². The van der Waals surface area contributed by atoms with Gasteiger partial charge in [0.2, 0.25) is 11.8 Å². The molecule has 2 amide bonds. The minimum atomic E-state index is -1.44. The van der Waals surface area contributed by atoms with E-state index in [-0.39, 0.29) is 32.1 Å². The molecule has 0 fully saturated rings. The molecule has 0 bridgehead atoms. The van der Waals surface area contributed by atoms with Crippen LogP contribution in [-0.2, 0) is 23.9 Å². The van der Waals surface area contributed by atoms with Gasteiger partial charge in [0.05, 0.1) is 25.2 Å². The van der Waals surface area contributed by atoms with Crippen LogP contribution in [0.3, 0.4) is 0 Å². The zero-order chi connectivity index (χ0) is 33.9. The number of aliphatic hydroxyl groups excluding tert-OH is 1. The van der Waals surface area contributed by atoms with Crippen LogP contribution in [0, 0.1) is 5.41 Å². The third-order valence-corrected chi connectivity index (χ3v) is 7.77. The minimum Gasteiger partial charge on any atom is -0.466 e. The first-order chi connectivity index (χ1) is 22.2. The molecule has 3 N–H and O–H groups in total. The second-order valence-corrected chi connectivity index (χ2v) is 12.6. The molecular formula is C37H60N2O7. The number of unbranched alkanes of at least 4 members (excludes halogenated alkanes) is 11. The van der Waals surface area contributed by atoms with E-state index in [2.05, 4.69) is 29.7 Å². The summed E-state index contributed by atoms with van der Waals surface area (Å²) in [5, 5.41) is 15.8. The lowest BCUT2D eigenvalue weighted by Crippen LogP contribution is -2.46. The summed E-state index contributed by atoms with van der Waals surface area (Å²) in [5.74, 6) is -1.67. The van der Waals surface area contributed by atoms with Gasteiger partial charge in [0, 0.05) is 24.9 Å². The zero-order valence-electron chi connectivity index (χ0n) is 28.7. The molecule has 9 heteroatoms. The molecular weight excluding hydrogens is 584 g/mol. The normalized spacial score (nSPS) is 12.1. The van der Waals surface area contributed by atoms with E-state index in [1.165, 1.54) is 57.8 Å². The monoisotopic (exact) mass is 644 g/mol. The van der Waals surface area contributed by atoms with Crippen LogP contribution in [0.5, 0.6) is 0 Å². The molecule has 46 heavy (non-hydrogen) atoms. The molecule has 0 aromatic heterocycles. The van der Waals surface area contributed by atoms with E-state index >= 15 is 0 Å². The Labute approximate surface area is 277 Å². The molecule has 1 unspecified atom stereocenters. The lowest BCUT2D eigenvalue weighted by molar-refractivity contribution is -0.144. The predicted molar refractivity (Wildman–Crippen MR) is 182 cm³/mol. The summed E-state index contributed by atoms with van der Waals surface area (Å²) >= 11 is 0. The van der Waals surface area contributed by atoms with Crippen molar-refractivity contribution in [3.63, 3.8) is 0 Å². The second-order valence-electron chi connectivity index (χ2n) is 12.6. The number of ether oxygens (including phenoxy) is 2. The van der Waals surface area contributed by atoms with Gasteiger partial charge in [-0.3, -0.25) is 14.4 Å². The maximum absolute atomic E-state index is 12.4. The van der Waals surface area contributed by atoms with Gasteiger partial charge in [-0.05, 0) is 50.7 Å². The number of rotatable bonds is 27. The molecule has 0 spiro atoms. The first kappa shape index (κ1) is 40.8. The van der Waals surface area contributed by atoms with Crippen LogP contribution in [0.2, 0.25) is 0 Å². The van der Waals surface area contributed by atoms with Crippen LogP contribution in [0.25, 0.3) is 0 Å². The summed E-state index contributed by atoms with van der Waals surface area (Å²) in [6, 6.07) is 8.46. The van der Waals surface area contributed by atoms with Crippen molar-refractivity contribution in [3.05, 3.63) is 48.0 Å². The van der Waals surface area contributed by atoms with Crippen LogP contribution >= 0.6 is 0 Å². The Morgan fingerprint density at radius 2 is 1.37 bits per heavy atom. The highest BCUT2D eigenvalue weighted by Crippen LogP contribution is 2.22. The Hall–Kier alpha value is -3.20. The van der Waals surface area contributed by atoms with Crippen molar-refractivity contribution in [2.45, 2.75) is 130 Å². The Bertz CT molecular complexity index is 1010. The van der Waals surface area contributed by atoms with E-state index in [0.717, 1.165) is 25.7 Å². The van der Waals surface area contributed by atoms with Crippen molar-refractivity contribution >= 4 is 23.8 Å². The molecule has 0 saturated carbocycles. The SMILES string of the molecule is CCCCCCCCC=CCCCCCCCC(=O)NCCCOC(=O)CCNC(=O)C(O)C(C)(C)COC(=O)c1ccccc1. The number of amides is 2. The molecule has 0 saturated heterocycles. The van der Waals surface area contributed by atoms with Gasteiger partial charge in [-0.2, -0.15) is 0 Å². The third kappa shape index (κ3) is 20.8. The number of allylic oxidation sites excluding steroid dienone is 2. The smallest absolute Gasteiger partial charge is 0.338 e. The molecule has 0 aliphatic heterocycles. The number of carbonyl (C=O) groups excluding carboxylic acids is 4. The van der Waals surface area contributed by atoms with E-state index in [4.69, 9.17) is 9.47 Å². The number of carbonyl (C=O) groups is 4. The molecule has 1 aromatic rings. The number of nitrogens with one attached hydrogen (secondary N) is 2. The molecule has 0 radical (unpaired) electrons. The van der Waals surface area contributed by atoms with Gasteiger partial charge in [-0.25, -0.2) is 4.79 Å². The largest absolute Gasteiger partial charge is 0.466 e. The van der Waals surface area contributed by atoms with E-state index < -0.39 is 29.4 Å². The first-order valence-corrected chi connectivity index (χ1v) is 17.4. The van der Waals surface area contributed by atoms with Gasteiger partial charge < -0.3 is 25.2 Å². The number of aliphatic hydroxyl groups is 1. The molecule has 1 atom stereocenters. The zero-order valence-corrected chi connectivity index (χ0v) is 28.7. The maximum Gasteiger partial charge on any atom is 0.338 e. The number of hydrogen-bond acceptors (Lipinski definition) is 7. The highest BCUT2D eigenvalue weighted by atomic mass is 16.5. The molecule has 1 aromatic carbocycles. The quantitative estimate of drug-likeness (QED) is 0.0544. The fourth-order valence-corrected chi connectivity index (χ4v) is 4.73. The lowest BCUT2D eigenvalue weighted by Gasteiger charge is -2.29.